The number of nitrogens with one attached hydrogen (secondary N) is 1. The monoisotopic (exact) mass is 961 g/mol. The maximum Gasteiger partial charge on any atom is 0.306 e. The zero-order valence-electron chi connectivity index (χ0n) is 44.3. The van der Waals surface area contributed by atoms with E-state index in [1.165, 1.54) is 109 Å². The lowest BCUT2D eigenvalue weighted by Gasteiger charge is -2.30. The van der Waals surface area contributed by atoms with Gasteiger partial charge in [0.15, 0.2) is 0 Å². The smallest absolute Gasteiger partial charge is 0.306 e. The predicted octanol–water partition coefficient (Wildman–Crippen LogP) is 15.7. The Labute approximate surface area is 413 Å². The molecule has 0 bridgehead atoms. The molecule has 10 heteroatoms. The highest BCUT2D eigenvalue weighted by molar-refractivity contribution is 7.45. The van der Waals surface area contributed by atoms with E-state index in [0.717, 1.165) is 83.5 Å². The van der Waals surface area contributed by atoms with Crippen molar-refractivity contribution in [3.63, 3.8) is 0 Å². The minimum atomic E-state index is -4.70. The molecule has 0 aromatic carbocycles. The second-order valence-electron chi connectivity index (χ2n) is 19.7. The molecule has 0 radical (unpaired) electrons. The second-order valence-corrected chi connectivity index (χ2v) is 21.1. The number of amides is 1. The first-order valence-electron chi connectivity index (χ1n) is 27.6. The number of unbranched alkanes of at least 4 members (excludes halogenated alkanes) is 25. The summed E-state index contributed by atoms with van der Waals surface area (Å²) >= 11 is 0. The molecule has 0 saturated carbocycles. The summed E-state index contributed by atoms with van der Waals surface area (Å²) < 4.78 is 30.1. The number of phosphoric ester groups is 1. The average Bonchev–Trinajstić information content (AvgIpc) is 3.28. The molecule has 1 amide bonds. The van der Waals surface area contributed by atoms with Crippen LogP contribution in [0.25, 0.3) is 0 Å². The maximum atomic E-state index is 13.4. The summed E-state index contributed by atoms with van der Waals surface area (Å²) in [5.74, 6) is -0.587. The number of rotatable bonds is 49. The zero-order chi connectivity index (χ0) is 49.4. The number of hydrogen-bond donors (Lipinski definition) is 1. The van der Waals surface area contributed by atoms with E-state index < -0.39 is 26.6 Å². The SMILES string of the molecule is CCCCC/C=C\C/C=C\C/C=C\CCCCCCC(=O)NC(COP(=O)([O-])OCC[N+](C)(C)C)C(/C=C\CCCCCCCCCCC)OC(=O)CCCCC/C=C\CCCCCCCC. The van der Waals surface area contributed by atoms with Crippen LogP contribution in [0.15, 0.2) is 60.8 Å². The Morgan fingerprint density at radius 2 is 0.910 bits per heavy atom. The fourth-order valence-corrected chi connectivity index (χ4v) is 8.30. The molecular weight excluding hydrogens is 856 g/mol. The molecular formula is C57H105N2O7P. The first-order valence-corrected chi connectivity index (χ1v) is 29.1. The number of allylic oxidation sites excluding steroid dienone is 9. The van der Waals surface area contributed by atoms with Gasteiger partial charge in [-0.15, -0.1) is 0 Å². The van der Waals surface area contributed by atoms with Crippen molar-refractivity contribution in [3.8, 4) is 0 Å². The Kier molecular flexibility index (Phi) is 45.8. The lowest BCUT2D eigenvalue weighted by molar-refractivity contribution is -0.870. The highest BCUT2D eigenvalue weighted by Crippen LogP contribution is 2.38. The van der Waals surface area contributed by atoms with Crippen LogP contribution < -0.4 is 10.2 Å². The molecule has 0 aliphatic carbocycles. The van der Waals surface area contributed by atoms with Crippen LogP contribution in [0.2, 0.25) is 0 Å². The van der Waals surface area contributed by atoms with Crippen molar-refractivity contribution in [2.45, 2.75) is 251 Å². The van der Waals surface area contributed by atoms with E-state index in [-0.39, 0.29) is 31.3 Å². The van der Waals surface area contributed by atoms with Crippen LogP contribution in [0.3, 0.4) is 0 Å². The average molecular weight is 961 g/mol. The van der Waals surface area contributed by atoms with Gasteiger partial charge in [-0.05, 0) is 96.0 Å². The third kappa shape index (κ3) is 48.5. The lowest BCUT2D eigenvalue weighted by atomic mass is 10.1. The van der Waals surface area contributed by atoms with Crippen LogP contribution in [-0.4, -0.2) is 69.4 Å². The Morgan fingerprint density at radius 3 is 1.42 bits per heavy atom. The van der Waals surface area contributed by atoms with Crippen LogP contribution in [0.5, 0.6) is 0 Å². The summed E-state index contributed by atoms with van der Waals surface area (Å²) in [5, 5.41) is 3.00. The van der Waals surface area contributed by atoms with Crippen molar-refractivity contribution in [2.75, 3.05) is 40.9 Å². The van der Waals surface area contributed by atoms with Gasteiger partial charge in [0.25, 0.3) is 7.82 Å². The Bertz CT molecular complexity index is 1340. The number of phosphoric acid groups is 1. The first-order chi connectivity index (χ1) is 32.4. The number of ether oxygens (including phenoxy) is 1. The summed E-state index contributed by atoms with van der Waals surface area (Å²) in [6.45, 7) is 6.76. The van der Waals surface area contributed by atoms with Gasteiger partial charge in [0.05, 0.1) is 33.8 Å². The second kappa shape index (κ2) is 47.4. The van der Waals surface area contributed by atoms with Crippen LogP contribution in [0, 0.1) is 0 Å². The number of nitrogens with zero attached hydrogens (tertiary/aromatic N) is 1. The molecule has 9 nitrogen and oxygen atoms in total. The summed E-state index contributed by atoms with van der Waals surface area (Å²) in [5.41, 5.74) is 0. The largest absolute Gasteiger partial charge is 0.756 e. The highest BCUT2D eigenvalue weighted by Gasteiger charge is 2.27. The van der Waals surface area contributed by atoms with Crippen molar-refractivity contribution in [2.24, 2.45) is 0 Å². The maximum absolute atomic E-state index is 13.4. The summed E-state index contributed by atoms with van der Waals surface area (Å²) in [6, 6.07) is -0.905. The highest BCUT2D eigenvalue weighted by atomic mass is 31.2. The van der Waals surface area contributed by atoms with Gasteiger partial charge in [-0.25, -0.2) is 0 Å². The fourth-order valence-electron chi connectivity index (χ4n) is 7.58. The van der Waals surface area contributed by atoms with Gasteiger partial charge in [0.2, 0.25) is 5.91 Å². The Balaban J connectivity index is 5.42. The molecule has 0 aromatic heterocycles. The van der Waals surface area contributed by atoms with Gasteiger partial charge < -0.3 is 28.5 Å². The molecule has 0 heterocycles. The van der Waals surface area contributed by atoms with E-state index in [1.54, 1.807) is 0 Å². The minimum Gasteiger partial charge on any atom is -0.756 e. The molecule has 1 N–H and O–H groups in total. The zero-order valence-corrected chi connectivity index (χ0v) is 45.2. The van der Waals surface area contributed by atoms with Gasteiger partial charge in [-0.1, -0.05) is 191 Å². The van der Waals surface area contributed by atoms with E-state index in [2.05, 4.69) is 74.7 Å². The molecule has 3 atom stereocenters. The molecule has 0 aliphatic rings. The third-order valence-corrected chi connectivity index (χ3v) is 12.9. The minimum absolute atomic E-state index is 0.0305. The van der Waals surface area contributed by atoms with Crippen molar-refractivity contribution >= 4 is 19.7 Å². The van der Waals surface area contributed by atoms with Crippen LogP contribution in [-0.2, 0) is 27.9 Å². The normalized spacial score (nSPS) is 14.3. The number of esters is 1. The molecule has 0 rings (SSSR count). The number of carbonyl (C=O) groups is 2. The van der Waals surface area contributed by atoms with E-state index in [9.17, 15) is 19.0 Å². The summed E-state index contributed by atoms with van der Waals surface area (Å²) in [6.07, 6.45) is 57.5. The van der Waals surface area contributed by atoms with E-state index >= 15 is 0 Å². The summed E-state index contributed by atoms with van der Waals surface area (Å²) in [4.78, 5) is 39.7. The molecule has 0 fully saturated rings. The van der Waals surface area contributed by atoms with Gasteiger partial charge in [-0.2, -0.15) is 0 Å². The van der Waals surface area contributed by atoms with Crippen molar-refractivity contribution < 1.29 is 37.3 Å². The fraction of sp³-hybridized carbons (Fsp3) is 0.789. The van der Waals surface area contributed by atoms with Crippen molar-refractivity contribution in [1.82, 2.24) is 5.32 Å². The standard InChI is InChI=1S/C57H105N2O7P/c1-7-10-13-16-19-22-25-27-28-29-30-32-34-37-40-43-46-49-56(60)58-54(53-65-67(62,63)64-52-51-59(4,5)6)55(48-45-42-39-36-33-24-21-18-15-12-9-3)66-57(61)50-47-44-41-38-35-31-26-23-20-17-14-11-8-2/h19,22,27-28,30-32,35,45,48,54-55H,7-18,20-21,23-26,29,33-34,36-44,46-47,49-53H2,1-6H3,(H-,58,60,62,63)/b22-19-,28-27-,32-30-,35-31-,48-45-. The number of hydrogen-bond acceptors (Lipinski definition) is 7. The van der Waals surface area contributed by atoms with Gasteiger partial charge in [0, 0.05) is 12.8 Å². The third-order valence-electron chi connectivity index (χ3n) is 11.9. The molecule has 3 unspecified atom stereocenters. The van der Waals surface area contributed by atoms with Crippen LogP contribution in [0.1, 0.15) is 239 Å². The van der Waals surface area contributed by atoms with E-state index in [4.69, 9.17) is 13.8 Å². The van der Waals surface area contributed by atoms with E-state index in [0.29, 0.717) is 23.9 Å². The first kappa shape index (κ1) is 64.7. The topological polar surface area (TPSA) is 114 Å². The molecule has 0 saturated heterocycles. The Hall–Kier alpha value is -2.29. The summed E-state index contributed by atoms with van der Waals surface area (Å²) in [7, 11) is 1.16. The van der Waals surface area contributed by atoms with Gasteiger partial charge in [0.1, 0.15) is 19.3 Å². The quantitative estimate of drug-likeness (QED) is 0.0212. The molecule has 390 valence electrons. The van der Waals surface area contributed by atoms with Crippen molar-refractivity contribution in [1.29, 1.82) is 0 Å². The van der Waals surface area contributed by atoms with Crippen LogP contribution in [0.4, 0.5) is 0 Å². The molecule has 0 spiro atoms. The van der Waals surface area contributed by atoms with Crippen LogP contribution >= 0.6 is 7.82 Å². The number of likely N-dealkylation sites (N-methyl/N-ethyl adjacent to an activating group) is 1. The lowest BCUT2D eigenvalue weighted by Crippen LogP contribution is -2.47. The number of carbonyl (C=O) groups excluding carboxylic acids is 2. The van der Waals surface area contributed by atoms with Crippen molar-refractivity contribution in [3.05, 3.63) is 60.8 Å². The number of quaternary nitrogens is 1. The van der Waals surface area contributed by atoms with Gasteiger partial charge in [-0.3, -0.25) is 14.2 Å². The van der Waals surface area contributed by atoms with Gasteiger partial charge >= 0.3 is 5.97 Å². The van der Waals surface area contributed by atoms with E-state index in [1.807, 2.05) is 33.3 Å². The predicted molar refractivity (Wildman–Crippen MR) is 284 cm³/mol. The molecule has 0 aliphatic heterocycles. The molecule has 0 aromatic rings. The Morgan fingerprint density at radius 1 is 0.522 bits per heavy atom. The molecule has 67 heavy (non-hydrogen) atoms.